The number of benzene rings is 1. The first kappa shape index (κ1) is 20.9. The van der Waals surface area contributed by atoms with Crippen molar-refractivity contribution in [2.24, 2.45) is 0 Å². The monoisotopic (exact) mass is 391 g/mol. The maximum atomic E-state index is 12.6. The molecule has 1 amide bonds. The van der Waals surface area contributed by atoms with Gasteiger partial charge in [0.1, 0.15) is 13.2 Å². The van der Waals surface area contributed by atoms with Crippen LogP contribution in [0.25, 0.3) is 0 Å². The Balaban J connectivity index is 2.76. The molecule has 0 heterocycles. The van der Waals surface area contributed by atoms with E-state index in [2.05, 4.69) is 0 Å². The predicted molar refractivity (Wildman–Crippen MR) is 99.5 cm³/mol. The summed E-state index contributed by atoms with van der Waals surface area (Å²) in [7, 11) is 0. The number of hydrogen-bond donors (Lipinski definition) is 0. The van der Waals surface area contributed by atoms with E-state index in [1.807, 2.05) is 30.3 Å². The van der Waals surface area contributed by atoms with E-state index in [0.717, 1.165) is 10.5 Å². The van der Waals surface area contributed by atoms with E-state index < -0.39 is 17.6 Å². The van der Waals surface area contributed by atoms with Gasteiger partial charge in [-0.15, -0.1) is 0 Å². The average molecular weight is 391 g/mol. The number of amides is 1. The number of nitrogens with zero attached hydrogens (tertiary/aromatic N) is 1. The van der Waals surface area contributed by atoms with Crippen LogP contribution in [0.4, 0.5) is 4.79 Å². The lowest BCUT2D eigenvalue weighted by Crippen LogP contribution is -2.37. The Bertz CT molecular complexity index is 576. The molecule has 9 heteroatoms. The molecule has 0 radical (unpaired) electrons. The van der Waals surface area contributed by atoms with Crippen LogP contribution < -0.4 is 0 Å². The Morgan fingerprint density at radius 1 is 1.12 bits per heavy atom. The van der Waals surface area contributed by atoms with Crippen molar-refractivity contribution in [3.63, 3.8) is 0 Å². The molecule has 0 fully saturated rings. The summed E-state index contributed by atoms with van der Waals surface area (Å²) in [6.07, 6.45) is 2.70. The fourth-order valence-corrected chi connectivity index (χ4v) is 6.08. The Morgan fingerprint density at radius 3 is 2.29 bits per heavy atom. The number of hydrogen-bond acceptors (Lipinski definition) is 7. The Morgan fingerprint density at radius 2 is 1.75 bits per heavy atom. The third-order valence-corrected chi connectivity index (χ3v) is 11.5. The third kappa shape index (κ3) is 7.20. The molecular formula is C15H22NO5PS2. The van der Waals surface area contributed by atoms with E-state index in [4.69, 9.17) is 9.47 Å². The Kier molecular flexibility index (Phi) is 9.33. The first-order valence-electron chi connectivity index (χ1n) is 7.26. The van der Waals surface area contributed by atoms with Gasteiger partial charge in [0.05, 0.1) is 12.9 Å². The fraction of sp³-hybridized carbons (Fsp3) is 0.467. The SMILES string of the molecule is CCOC(=O)CN(CP(=O)(SC)SC)C(=O)OCc1ccccc1. The van der Waals surface area contributed by atoms with E-state index in [-0.39, 0.29) is 26.0 Å². The maximum absolute atomic E-state index is 12.6. The molecule has 0 N–H and O–H groups in total. The number of carbonyl (C=O) groups is 2. The van der Waals surface area contributed by atoms with Gasteiger partial charge in [-0.05, 0) is 25.0 Å². The molecule has 0 atom stereocenters. The number of rotatable bonds is 9. The van der Waals surface area contributed by atoms with Crippen molar-refractivity contribution in [3.05, 3.63) is 35.9 Å². The lowest BCUT2D eigenvalue weighted by Gasteiger charge is -2.24. The van der Waals surface area contributed by atoms with E-state index in [9.17, 15) is 14.2 Å². The highest BCUT2D eigenvalue weighted by atomic mass is 33.1. The van der Waals surface area contributed by atoms with E-state index >= 15 is 0 Å². The van der Waals surface area contributed by atoms with Crippen molar-refractivity contribution in [2.45, 2.75) is 13.5 Å². The zero-order chi connectivity index (χ0) is 18.0. The summed E-state index contributed by atoms with van der Waals surface area (Å²) in [4.78, 5) is 25.2. The highest BCUT2D eigenvalue weighted by molar-refractivity contribution is 8.90. The summed E-state index contributed by atoms with van der Waals surface area (Å²) in [5.74, 6) is -0.553. The molecule has 1 aromatic rings. The smallest absolute Gasteiger partial charge is 0.411 e. The minimum atomic E-state index is -2.71. The minimum absolute atomic E-state index is 0.0538. The van der Waals surface area contributed by atoms with Gasteiger partial charge in [0.2, 0.25) is 5.55 Å². The highest BCUT2D eigenvalue weighted by Crippen LogP contribution is 2.66. The van der Waals surface area contributed by atoms with Crippen molar-refractivity contribution in [1.29, 1.82) is 0 Å². The second kappa shape index (κ2) is 10.7. The second-order valence-corrected chi connectivity index (χ2v) is 13.3. The minimum Gasteiger partial charge on any atom is -0.465 e. The summed E-state index contributed by atoms with van der Waals surface area (Å²) < 4.78 is 22.7. The third-order valence-electron chi connectivity index (χ3n) is 2.99. The molecule has 6 nitrogen and oxygen atoms in total. The van der Waals surface area contributed by atoms with E-state index in [1.54, 1.807) is 19.4 Å². The van der Waals surface area contributed by atoms with Crippen molar-refractivity contribution in [1.82, 2.24) is 4.90 Å². The molecule has 1 rings (SSSR count). The summed E-state index contributed by atoms with van der Waals surface area (Å²) in [5.41, 5.74) is -1.88. The van der Waals surface area contributed by atoms with Crippen molar-refractivity contribution in [3.8, 4) is 0 Å². The standard InChI is InChI=1S/C15H22NO5PS2/c1-4-20-14(17)10-16(12-22(19,23-2)24-3)15(18)21-11-13-8-6-5-7-9-13/h5-9H,4,10-12H2,1-3H3. The molecule has 0 aromatic heterocycles. The topological polar surface area (TPSA) is 72.9 Å². The quantitative estimate of drug-likeness (QED) is 0.464. The first-order chi connectivity index (χ1) is 11.4. The molecular weight excluding hydrogens is 369 g/mol. The van der Waals surface area contributed by atoms with E-state index in [1.165, 1.54) is 22.8 Å². The van der Waals surface area contributed by atoms with Gasteiger partial charge in [-0.25, -0.2) is 4.79 Å². The normalized spacial score (nSPS) is 11.0. The zero-order valence-corrected chi connectivity index (χ0v) is 16.5. The van der Waals surface area contributed by atoms with Gasteiger partial charge in [0.25, 0.3) is 0 Å². The van der Waals surface area contributed by atoms with Crippen LogP contribution in [0.15, 0.2) is 30.3 Å². The largest absolute Gasteiger partial charge is 0.465 e. The van der Waals surface area contributed by atoms with Gasteiger partial charge in [-0.1, -0.05) is 53.1 Å². The van der Waals surface area contributed by atoms with Crippen LogP contribution >= 0.6 is 28.3 Å². The van der Waals surface area contributed by atoms with Crippen LogP contribution in [-0.4, -0.2) is 48.9 Å². The lowest BCUT2D eigenvalue weighted by molar-refractivity contribution is -0.143. The maximum Gasteiger partial charge on any atom is 0.411 e. The van der Waals surface area contributed by atoms with Crippen LogP contribution in [0, 0.1) is 0 Å². The van der Waals surface area contributed by atoms with Gasteiger partial charge in [-0.2, -0.15) is 0 Å². The molecule has 0 bridgehead atoms. The molecule has 134 valence electrons. The molecule has 0 spiro atoms. The Labute approximate surface area is 150 Å². The number of carbonyl (C=O) groups excluding carboxylic acids is 2. The van der Waals surface area contributed by atoms with E-state index in [0.29, 0.717) is 0 Å². The summed E-state index contributed by atoms with van der Waals surface area (Å²) >= 11 is 2.38. The zero-order valence-electron chi connectivity index (χ0n) is 14.0. The van der Waals surface area contributed by atoms with Gasteiger partial charge < -0.3 is 9.47 Å². The van der Waals surface area contributed by atoms with Crippen LogP contribution in [0.3, 0.4) is 0 Å². The van der Waals surface area contributed by atoms with Crippen molar-refractivity contribution >= 4 is 40.4 Å². The van der Waals surface area contributed by atoms with Crippen LogP contribution in [0.5, 0.6) is 0 Å². The average Bonchev–Trinajstić information content (AvgIpc) is 2.60. The molecule has 0 aliphatic rings. The van der Waals surface area contributed by atoms with Gasteiger partial charge in [-0.3, -0.25) is 14.3 Å². The van der Waals surface area contributed by atoms with Gasteiger partial charge in [0.15, 0.2) is 0 Å². The van der Waals surface area contributed by atoms with Crippen LogP contribution in [-0.2, 0) is 25.4 Å². The first-order valence-corrected chi connectivity index (χ1v) is 12.8. The summed E-state index contributed by atoms with van der Waals surface area (Å²) in [5, 5.41) is 0. The molecule has 0 unspecified atom stereocenters. The van der Waals surface area contributed by atoms with Crippen molar-refractivity contribution < 1.29 is 23.6 Å². The summed E-state index contributed by atoms with van der Waals surface area (Å²) in [6.45, 7) is 1.70. The fourth-order valence-electron chi connectivity index (χ4n) is 1.74. The second-order valence-electron chi connectivity index (χ2n) is 4.66. The number of esters is 1. The van der Waals surface area contributed by atoms with Gasteiger partial charge >= 0.3 is 12.1 Å². The molecule has 0 aliphatic carbocycles. The van der Waals surface area contributed by atoms with Crippen LogP contribution in [0.1, 0.15) is 12.5 Å². The number of ether oxygens (including phenoxy) is 2. The highest BCUT2D eigenvalue weighted by Gasteiger charge is 2.29. The Hall–Kier alpha value is -1.11. The molecule has 0 saturated heterocycles. The lowest BCUT2D eigenvalue weighted by atomic mass is 10.2. The summed E-state index contributed by atoms with van der Waals surface area (Å²) in [6, 6.07) is 9.21. The molecule has 24 heavy (non-hydrogen) atoms. The predicted octanol–water partition coefficient (Wildman–Crippen LogP) is 4.06. The molecule has 1 aromatic carbocycles. The molecule has 0 saturated carbocycles. The van der Waals surface area contributed by atoms with Crippen LogP contribution in [0.2, 0.25) is 0 Å². The molecule has 0 aliphatic heterocycles. The van der Waals surface area contributed by atoms with Crippen molar-refractivity contribution in [2.75, 3.05) is 31.9 Å². The van der Waals surface area contributed by atoms with Gasteiger partial charge in [0, 0.05) is 0 Å².